The Morgan fingerprint density at radius 2 is 2.00 bits per heavy atom. The molecule has 1 aromatic carbocycles. The molecule has 2 aromatic heterocycles. The standard InChI is InChI=1S/C16H13N3O5/c1-22-10-2-4-11(5-3-10)24-16-12(6-7-23-16)13(20)8-14(21)15-17-9-18-19-15/h2-9,21H,1H3,(H,17,18,19). The molecule has 0 saturated heterocycles. The van der Waals surface area contributed by atoms with Gasteiger partial charge >= 0.3 is 5.95 Å². The number of H-pyrrole nitrogens is 1. The molecule has 0 unspecified atom stereocenters. The van der Waals surface area contributed by atoms with Crippen molar-refractivity contribution in [3.63, 3.8) is 0 Å². The van der Waals surface area contributed by atoms with Crippen LogP contribution in [0.5, 0.6) is 17.4 Å². The van der Waals surface area contributed by atoms with Crippen LogP contribution < -0.4 is 9.47 Å². The van der Waals surface area contributed by atoms with Crippen LogP contribution in [-0.2, 0) is 0 Å². The smallest absolute Gasteiger partial charge is 0.301 e. The highest BCUT2D eigenvalue weighted by Gasteiger charge is 2.17. The number of methoxy groups -OCH3 is 1. The molecular formula is C16H13N3O5. The molecule has 2 N–H and O–H groups in total. The summed E-state index contributed by atoms with van der Waals surface area (Å²) in [6.45, 7) is 0. The van der Waals surface area contributed by atoms with Crippen LogP contribution in [0.25, 0.3) is 5.76 Å². The minimum Gasteiger partial charge on any atom is -0.504 e. The van der Waals surface area contributed by atoms with Crippen molar-refractivity contribution >= 4 is 11.5 Å². The fourth-order valence-electron chi connectivity index (χ4n) is 1.91. The van der Waals surface area contributed by atoms with E-state index < -0.39 is 5.78 Å². The first-order valence-electron chi connectivity index (χ1n) is 6.88. The Morgan fingerprint density at radius 3 is 2.67 bits per heavy atom. The second-order valence-corrected chi connectivity index (χ2v) is 4.62. The number of ketones is 1. The summed E-state index contributed by atoms with van der Waals surface area (Å²) in [6.07, 6.45) is 3.61. The Balaban J connectivity index is 1.79. The summed E-state index contributed by atoms with van der Waals surface area (Å²) in [5.41, 5.74) is 0.160. The first kappa shape index (κ1) is 15.3. The lowest BCUT2D eigenvalue weighted by molar-refractivity contribution is 0.104. The van der Waals surface area contributed by atoms with Crippen LogP contribution in [0.15, 0.2) is 53.4 Å². The third-order valence-electron chi connectivity index (χ3n) is 3.08. The van der Waals surface area contributed by atoms with Crippen LogP contribution in [0.2, 0.25) is 0 Å². The largest absolute Gasteiger partial charge is 0.504 e. The van der Waals surface area contributed by atoms with Gasteiger partial charge in [-0.2, -0.15) is 5.10 Å². The number of furan rings is 1. The van der Waals surface area contributed by atoms with Gasteiger partial charge in [0.05, 0.1) is 13.4 Å². The van der Waals surface area contributed by atoms with Crippen LogP contribution in [0.1, 0.15) is 16.2 Å². The Bertz CT molecular complexity index is 850. The Labute approximate surface area is 136 Å². The topological polar surface area (TPSA) is 110 Å². The van der Waals surface area contributed by atoms with Crippen molar-refractivity contribution < 1.29 is 23.8 Å². The quantitative estimate of drug-likeness (QED) is 0.407. The zero-order chi connectivity index (χ0) is 16.9. The number of carbonyl (C=O) groups is 1. The predicted molar refractivity (Wildman–Crippen MR) is 83.1 cm³/mol. The lowest BCUT2D eigenvalue weighted by Gasteiger charge is -2.05. The molecule has 3 rings (SSSR count). The van der Waals surface area contributed by atoms with Crippen molar-refractivity contribution in [3.8, 4) is 17.4 Å². The lowest BCUT2D eigenvalue weighted by Crippen LogP contribution is -1.98. The van der Waals surface area contributed by atoms with E-state index in [1.165, 1.54) is 18.7 Å². The molecule has 0 saturated carbocycles. The zero-order valence-corrected chi connectivity index (χ0v) is 12.6. The van der Waals surface area contributed by atoms with E-state index in [1.54, 1.807) is 31.4 Å². The minimum atomic E-state index is -0.505. The third kappa shape index (κ3) is 3.27. The second kappa shape index (κ2) is 6.69. The van der Waals surface area contributed by atoms with Crippen molar-refractivity contribution in [3.05, 3.63) is 60.4 Å². The minimum absolute atomic E-state index is 0.0178. The van der Waals surface area contributed by atoms with Gasteiger partial charge in [0.1, 0.15) is 23.4 Å². The molecule has 0 aliphatic carbocycles. The van der Waals surface area contributed by atoms with Gasteiger partial charge in [0.15, 0.2) is 11.5 Å². The Morgan fingerprint density at radius 1 is 1.25 bits per heavy atom. The molecule has 8 nitrogen and oxygen atoms in total. The summed E-state index contributed by atoms with van der Waals surface area (Å²) in [5, 5.41) is 16.0. The third-order valence-corrected chi connectivity index (χ3v) is 3.08. The average molecular weight is 327 g/mol. The Hall–Kier alpha value is -3.55. The van der Waals surface area contributed by atoms with Crippen LogP contribution in [0, 0.1) is 0 Å². The highest BCUT2D eigenvalue weighted by Crippen LogP contribution is 2.28. The van der Waals surface area contributed by atoms with Gasteiger partial charge in [0.25, 0.3) is 0 Å². The second-order valence-electron chi connectivity index (χ2n) is 4.62. The zero-order valence-electron chi connectivity index (χ0n) is 12.6. The number of aromatic amines is 1. The number of allylic oxidation sites excluding steroid dienone is 1. The van der Waals surface area contributed by atoms with Gasteiger partial charge in [-0.1, -0.05) is 0 Å². The van der Waals surface area contributed by atoms with Gasteiger partial charge in [-0.15, -0.1) is 0 Å². The maximum Gasteiger partial charge on any atom is 0.301 e. The van der Waals surface area contributed by atoms with Crippen molar-refractivity contribution in [2.45, 2.75) is 0 Å². The molecule has 0 atom stereocenters. The van der Waals surface area contributed by atoms with E-state index in [1.807, 2.05) is 0 Å². The number of hydrogen-bond acceptors (Lipinski definition) is 7. The molecule has 3 aromatic rings. The van der Waals surface area contributed by atoms with Crippen LogP contribution in [-0.4, -0.2) is 33.2 Å². The number of aliphatic hydroxyl groups is 1. The van der Waals surface area contributed by atoms with Crippen molar-refractivity contribution in [2.24, 2.45) is 0 Å². The van der Waals surface area contributed by atoms with Crippen LogP contribution in [0.3, 0.4) is 0 Å². The number of rotatable bonds is 6. The lowest BCUT2D eigenvalue weighted by atomic mass is 10.2. The van der Waals surface area contributed by atoms with Gasteiger partial charge in [-0.05, 0) is 30.3 Å². The molecule has 122 valence electrons. The van der Waals surface area contributed by atoms with Crippen LogP contribution in [0.4, 0.5) is 0 Å². The van der Waals surface area contributed by atoms with Gasteiger partial charge in [0.2, 0.25) is 5.82 Å². The molecular weight excluding hydrogens is 314 g/mol. The van der Waals surface area contributed by atoms with Crippen molar-refractivity contribution in [1.29, 1.82) is 0 Å². The molecule has 0 amide bonds. The summed E-state index contributed by atoms with van der Waals surface area (Å²) in [7, 11) is 1.56. The Kier molecular flexibility index (Phi) is 4.28. The molecule has 0 bridgehead atoms. The van der Waals surface area contributed by atoms with E-state index in [0.29, 0.717) is 11.5 Å². The van der Waals surface area contributed by atoms with Crippen molar-refractivity contribution in [2.75, 3.05) is 7.11 Å². The number of hydrogen-bond donors (Lipinski definition) is 2. The molecule has 0 aliphatic rings. The maximum absolute atomic E-state index is 12.3. The molecule has 24 heavy (non-hydrogen) atoms. The summed E-state index contributed by atoms with van der Waals surface area (Å²) in [5.74, 6) is 0.320. The first-order valence-corrected chi connectivity index (χ1v) is 6.88. The molecule has 0 aliphatic heterocycles. The summed E-state index contributed by atoms with van der Waals surface area (Å²) in [6, 6.07) is 8.24. The first-order chi connectivity index (χ1) is 11.7. The number of nitrogens with zero attached hydrogens (tertiary/aromatic N) is 2. The van der Waals surface area contributed by atoms with E-state index in [2.05, 4.69) is 15.2 Å². The monoisotopic (exact) mass is 327 g/mol. The number of aliphatic hydroxyl groups excluding tert-OH is 1. The fourth-order valence-corrected chi connectivity index (χ4v) is 1.91. The summed E-state index contributed by atoms with van der Waals surface area (Å²) >= 11 is 0. The maximum atomic E-state index is 12.3. The highest BCUT2D eigenvalue weighted by molar-refractivity contribution is 6.08. The van der Waals surface area contributed by atoms with Gasteiger partial charge in [-0.25, -0.2) is 4.98 Å². The summed E-state index contributed by atoms with van der Waals surface area (Å²) in [4.78, 5) is 16.0. The average Bonchev–Trinajstić information content (AvgIpc) is 3.27. The number of benzene rings is 1. The van der Waals surface area contributed by atoms with Crippen molar-refractivity contribution in [1.82, 2.24) is 15.2 Å². The number of aromatic nitrogens is 3. The molecule has 2 heterocycles. The van der Waals surface area contributed by atoms with Gasteiger partial charge in [-0.3, -0.25) is 9.89 Å². The van der Waals surface area contributed by atoms with Gasteiger partial charge < -0.3 is 19.0 Å². The van der Waals surface area contributed by atoms with E-state index in [9.17, 15) is 9.90 Å². The van der Waals surface area contributed by atoms with E-state index in [-0.39, 0.29) is 23.1 Å². The number of nitrogens with one attached hydrogen (secondary N) is 1. The molecule has 8 heteroatoms. The number of ether oxygens (including phenoxy) is 2. The number of carbonyl (C=O) groups excluding carboxylic acids is 1. The molecule has 0 spiro atoms. The van der Waals surface area contributed by atoms with Gasteiger partial charge in [0, 0.05) is 6.08 Å². The SMILES string of the molecule is COc1ccc(Oc2occc2C(=O)C=C(O)c2nc[nH]n2)cc1. The van der Waals surface area contributed by atoms with E-state index in [4.69, 9.17) is 13.9 Å². The predicted octanol–water partition coefficient (Wildman–Crippen LogP) is 2.98. The highest BCUT2D eigenvalue weighted by atomic mass is 16.6. The summed E-state index contributed by atoms with van der Waals surface area (Å²) < 4.78 is 15.8. The van der Waals surface area contributed by atoms with E-state index in [0.717, 1.165) is 6.08 Å². The molecule has 0 fully saturated rings. The molecule has 0 radical (unpaired) electrons. The van der Waals surface area contributed by atoms with Crippen LogP contribution >= 0.6 is 0 Å². The van der Waals surface area contributed by atoms with E-state index >= 15 is 0 Å². The fraction of sp³-hybridized carbons (Fsp3) is 0.0625. The normalized spacial score (nSPS) is 11.3.